The lowest BCUT2D eigenvalue weighted by Gasteiger charge is -2.44. The van der Waals surface area contributed by atoms with Gasteiger partial charge in [-0.1, -0.05) is 12.8 Å². The first-order valence-corrected chi connectivity index (χ1v) is 8.77. The van der Waals surface area contributed by atoms with Gasteiger partial charge in [0.25, 0.3) is 5.69 Å². The van der Waals surface area contributed by atoms with Crippen molar-refractivity contribution in [2.75, 3.05) is 20.8 Å². The molecule has 1 heterocycles. The molecule has 2 aliphatic rings. The monoisotopic (exact) mass is 334 g/mol. The molecule has 1 aromatic rings. The van der Waals surface area contributed by atoms with Crippen molar-refractivity contribution in [2.45, 2.75) is 51.1 Å². The molecule has 0 aromatic heterocycles. The van der Waals surface area contributed by atoms with E-state index in [1.54, 1.807) is 13.2 Å². The lowest BCUT2D eigenvalue weighted by molar-refractivity contribution is -0.385. The Morgan fingerprint density at radius 2 is 1.79 bits per heavy atom. The highest BCUT2D eigenvalue weighted by molar-refractivity contribution is 5.54. The van der Waals surface area contributed by atoms with Crippen molar-refractivity contribution in [3.05, 3.63) is 27.8 Å². The maximum absolute atomic E-state index is 11.5. The van der Waals surface area contributed by atoms with Crippen LogP contribution in [0.5, 0.6) is 11.5 Å². The molecule has 1 aromatic carbocycles. The van der Waals surface area contributed by atoms with Gasteiger partial charge < -0.3 is 9.47 Å². The van der Waals surface area contributed by atoms with Crippen LogP contribution in [-0.2, 0) is 6.54 Å². The number of benzene rings is 1. The molecule has 2 atom stereocenters. The fraction of sp³-hybridized carbons (Fsp3) is 0.667. The van der Waals surface area contributed by atoms with Gasteiger partial charge in [0.1, 0.15) is 0 Å². The summed E-state index contributed by atoms with van der Waals surface area (Å²) >= 11 is 0. The van der Waals surface area contributed by atoms with Crippen molar-refractivity contribution < 1.29 is 14.4 Å². The molecular weight excluding hydrogens is 308 g/mol. The highest BCUT2D eigenvalue weighted by Crippen LogP contribution is 2.39. The van der Waals surface area contributed by atoms with E-state index in [4.69, 9.17) is 9.47 Å². The summed E-state index contributed by atoms with van der Waals surface area (Å²) in [6.07, 6.45) is 7.59. The molecule has 1 saturated heterocycles. The minimum atomic E-state index is -0.320. The van der Waals surface area contributed by atoms with Crippen LogP contribution in [0.2, 0.25) is 0 Å². The van der Waals surface area contributed by atoms with Crippen LogP contribution in [0.15, 0.2) is 12.1 Å². The number of methoxy groups -OCH3 is 2. The maximum Gasteiger partial charge on any atom is 0.277 e. The first-order valence-electron chi connectivity index (χ1n) is 8.77. The molecule has 1 aliphatic carbocycles. The van der Waals surface area contributed by atoms with Crippen molar-refractivity contribution in [1.82, 2.24) is 4.90 Å². The zero-order chi connectivity index (χ0) is 17.1. The standard InChI is InChI=1S/C18H26N2O4/c1-23-17-10-14(16(20(21)22)11-18(17)24-2)12-19-9-5-7-13-6-3-4-8-15(13)19/h10-11,13,15H,3-9,12H2,1-2H3/t13-,15+/m0/s1. The van der Waals surface area contributed by atoms with E-state index in [1.165, 1.54) is 51.7 Å². The van der Waals surface area contributed by atoms with Gasteiger partial charge in [0.2, 0.25) is 0 Å². The summed E-state index contributed by atoms with van der Waals surface area (Å²) in [5.41, 5.74) is 0.828. The summed E-state index contributed by atoms with van der Waals surface area (Å²) in [5.74, 6) is 1.71. The molecule has 132 valence electrons. The van der Waals surface area contributed by atoms with Crippen molar-refractivity contribution in [3.63, 3.8) is 0 Å². The Morgan fingerprint density at radius 1 is 1.12 bits per heavy atom. The van der Waals surface area contributed by atoms with Gasteiger partial charge in [-0.3, -0.25) is 15.0 Å². The third-order valence-corrected chi connectivity index (χ3v) is 5.51. The van der Waals surface area contributed by atoms with Gasteiger partial charge in [-0.05, 0) is 44.2 Å². The Bertz CT molecular complexity index is 603. The quantitative estimate of drug-likeness (QED) is 0.606. The number of nitrogens with zero attached hydrogens (tertiary/aromatic N) is 2. The molecule has 2 fully saturated rings. The Balaban J connectivity index is 1.88. The lowest BCUT2D eigenvalue weighted by Crippen LogP contribution is -2.46. The fourth-order valence-electron chi connectivity index (χ4n) is 4.35. The molecular formula is C18H26N2O4. The number of hydrogen-bond donors (Lipinski definition) is 0. The average molecular weight is 334 g/mol. The summed E-state index contributed by atoms with van der Waals surface area (Å²) < 4.78 is 10.6. The predicted octanol–water partition coefficient (Wildman–Crippen LogP) is 3.77. The normalized spacial score (nSPS) is 24.2. The summed E-state index contributed by atoms with van der Waals surface area (Å²) in [4.78, 5) is 13.6. The average Bonchev–Trinajstić information content (AvgIpc) is 2.61. The Hall–Kier alpha value is -1.82. The van der Waals surface area contributed by atoms with E-state index in [2.05, 4.69) is 4.90 Å². The Kier molecular flexibility index (Phi) is 5.23. The topological polar surface area (TPSA) is 64.8 Å². The van der Waals surface area contributed by atoms with E-state index >= 15 is 0 Å². The van der Waals surface area contributed by atoms with E-state index in [1.807, 2.05) is 0 Å². The van der Waals surface area contributed by atoms with Gasteiger partial charge in [-0.2, -0.15) is 0 Å². The lowest BCUT2D eigenvalue weighted by atomic mass is 9.78. The minimum absolute atomic E-state index is 0.116. The van der Waals surface area contributed by atoms with Gasteiger partial charge >= 0.3 is 0 Å². The molecule has 0 radical (unpaired) electrons. The van der Waals surface area contributed by atoms with Crippen LogP contribution in [0.3, 0.4) is 0 Å². The van der Waals surface area contributed by atoms with E-state index in [9.17, 15) is 10.1 Å². The predicted molar refractivity (Wildman–Crippen MR) is 91.6 cm³/mol. The van der Waals surface area contributed by atoms with Crippen LogP contribution < -0.4 is 9.47 Å². The molecule has 0 spiro atoms. The molecule has 24 heavy (non-hydrogen) atoms. The van der Waals surface area contributed by atoms with Gasteiger partial charge in [0.05, 0.1) is 25.2 Å². The first kappa shape index (κ1) is 17.0. The molecule has 1 saturated carbocycles. The van der Waals surface area contributed by atoms with Crippen molar-refractivity contribution in [3.8, 4) is 11.5 Å². The number of likely N-dealkylation sites (tertiary alicyclic amines) is 1. The van der Waals surface area contributed by atoms with Crippen LogP contribution in [0.25, 0.3) is 0 Å². The highest BCUT2D eigenvalue weighted by atomic mass is 16.6. The zero-order valence-electron chi connectivity index (χ0n) is 14.5. The van der Waals surface area contributed by atoms with Gasteiger partial charge in [-0.15, -0.1) is 0 Å². The number of nitro groups is 1. The van der Waals surface area contributed by atoms with Crippen molar-refractivity contribution in [1.29, 1.82) is 0 Å². The molecule has 6 heteroatoms. The molecule has 0 amide bonds. The van der Waals surface area contributed by atoms with Crippen LogP contribution in [0.1, 0.15) is 44.1 Å². The molecule has 0 unspecified atom stereocenters. The largest absolute Gasteiger partial charge is 0.493 e. The molecule has 0 bridgehead atoms. The number of piperidine rings is 1. The third-order valence-electron chi connectivity index (χ3n) is 5.51. The second-order valence-corrected chi connectivity index (χ2v) is 6.82. The second-order valence-electron chi connectivity index (χ2n) is 6.82. The maximum atomic E-state index is 11.5. The summed E-state index contributed by atoms with van der Waals surface area (Å²) in [5, 5.41) is 11.5. The van der Waals surface area contributed by atoms with Crippen LogP contribution in [-0.4, -0.2) is 36.6 Å². The molecule has 3 rings (SSSR count). The van der Waals surface area contributed by atoms with E-state index in [0.29, 0.717) is 29.6 Å². The number of ether oxygens (including phenoxy) is 2. The zero-order valence-corrected chi connectivity index (χ0v) is 14.5. The van der Waals surface area contributed by atoms with Crippen LogP contribution in [0.4, 0.5) is 5.69 Å². The van der Waals surface area contributed by atoms with Gasteiger partial charge in [0, 0.05) is 18.2 Å². The minimum Gasteiger partial charge on any atom is -0.493 e. The van der Waals surface area contributed by atoms with Crippen LogP contribution >= 0.6 is 0 Å². The smallest absolute Gasteiger partial charge is 0.277 e. The SMILES string of the molecule is COc1cc(CN2CCC[C@@H]3CCCC[C@H]32)c([N+](=O)[O-])cc1OC. The number of nitro benzene ring substituents is 1. The number of hydrogen-bond acceptors (Lipinski definition) is 5. The summed E-state index contributed by atoms with van der Waals surface area (Å²) in [7, 11) is 3.06. The van der Waals surface area contributed by atoms with E-state index in [-0.39, 0.29) is 10.6 Å². The fourth-order valence-corrected chi connectivity index (χ4v) is 4.35. The van der Waals surface area contributed by atoms with E-state index in [0.717, 1.165) is 12.5 Å². The first-order chi connectivity index (χ1) is 11.6. The van der Waals surface area contributed by atoms with Gasteiger partial charge in [-0.25, -0.2) is 0 Å². The van der Waals surface area contributed by atoms with Crippen molar-refractivity contribution in [2.24, 2.45) is 5.92 Å². The van der Waals surface area contributed by atoms with Gasteiger partial charge in [0.15, 0.2) is 11.5 Å². The number of rotatable bonds is 5. The van der Waals surface area contributed by atoms with E-state index < -0.39 is 0 Å². The molecule has 6 nitrogen and oxygen atoms in total. The molecule has 0 N–H and O–H groups in total. The Morgan fingerprint density at radius 3 is 2.50 bits per heavy atom. The number of fused-ring (bicyclic) bond motifs is 1. The highest BCUT2D eigenvalue weighted by Gasteiger charge is 2.34. The van der Waals surface area contributed by atoms with Crippen molar-refractivity contribution >= 4 is 5.69 Å². The Labute approximate surface area is 142 Å². The summed E-state index contributed by atoms with van der Waals surface area (Å²) in [6.45, 7) is 1.63. The molecule has 1 aliphatic heterocycles. The summed E-state index contributed by atoms with van der Waals surface area (Å²) in [6, 6.07) is 3.82. The third kappa shape index (κ3) is 3.34. The second kappa shape index (κ2) is 7.38. The van der Waals surface area contributed by atoms with Crippen LogP contribution in [0, 0.1) is 16.0 Å².